The van der Waals surface area contributed by atoms with Crippen LogP contribution in [0.15, 0.2) is 35.2 Å². The highest BCUT2D eigenvalue weighted by Crippen LogP contribution is 2.20. The number of halogens is 1. The second-order valence-electron chi connectivity index (χ2n) is 4.91. The first-order valence-electron chi connectivity index (χ1n) is 6.24. The normalized spacial score (nSPS) is 15.0. The number of hydrogen-bond acceptors (Lipinski definition) is 2. The van der Waals surface area contributed by atoms with Gasteiger partial charge >= 0.3 is 0 Å². The first kappa shape index (κ1) is 11.9. The predicted molar refractivity (Wildman–Crippen MR) is 75.9 cm³/mol. The number of aromatic nitrogens is 2. The molecule has 2 aromatic rings. The van der Waals surface area contributed by atoms with Crippen LogP contribution in [0.3, 0.4) is 0 Å². The number of rotatable bonds is 4. The Hall–Kier alpha value is -1.13. The lowest BCUT2D eigenvalue weighted by atomic mass is 10.2. The summed E-state index contributed by atoms with van der Waals surface area (Å²) in [6.07, 6.45) is 6.60. The van der Waals surface area contributed by atoms with E-state index in [0.717, 1.165) is 28.4 Å². The van der Waals surface area contributed by atoms with E-state index >= 15 is 0 Å². The van der Waals surface area contributed by atoms with Crippen LogP contribution in [0.1, 0.15) is 24.1 Å². The minimum atomic E-state index is 0.725. The summed E-state index contributed by atoms with van der Waals surface area (Å²) in [6.45, 7) is 2.96. The number of aryl methyl sites for hydroxylation is 1. The molecule has 0 amide bonds. The molecular weight excluding hydrogens is 290 g/mol. The van der Waals surface area contributed by atoms with Crippen LogP contribution < -0.4 is 5.32 Å². The topological polar surface area (TPSA) is 29.9 Å². The fourth-order valence-corrected chi connectivity index (χ4v) is 2.59. The SMILES string of the molecule is Cc1cc(Br)cc(-n2cnc(CNC3CC3)c2)c1. The van der Waals surface area contributed by atoms with Crippen LogP contribution >= 0.6 is 15.9 Å². The van der Waals surface area contributed by atoms with E-state index in [4.69, 9.17) is 0 Å². The highest BCUT2D eigenvalue weighted by molar-refractivity contribution is 9.10. The van der Waals surface area contributed by atoms with Crippen molar-refractivity contribution in [3.8, 4) is 5.69 Å². The summed E-state index contributed by atoms with van der Waals surface area (Å²) in [6, 6.07) is 7.09. The van der Waals surface area contributed by atoms with Crippen LogP contribution in [0.25, 0.3) is 5.69 Å². The van der Waals surface area contributed by atoms with Crippen molar-refractivity contribution in [2.45, 2.75) is 32.4 Å². The van der Waals surface area contributed by atoms with E-state index in [1.807, 2.05) is 6.33 Å². The van der Waals surface area contributed by atoms with Gasteiger partial charge in [-0.1, -0.05) is 15.9 Å². The largest absolute Gasteiger partial charge is 0.308 e. The van der Waals surface area contributed by atoms with Gasteiger partial charge in [0.1, 0.15) is 0 Å². The molecule has 0 atom stereocenters. The van der Waals surface area contributed by atoms with Crippen LogP contribution in [0.2, 0.25) is 0 Å². The Labute approximate surface area is 115 Å². The summed E-state index contributed by atoms with van der Waals surface area (Å²) < 4.78 is 3.17. The van der Waals surface area contributed by atoms with Gasteiger partial charge in [-0.3, -0.25) is 0 Å². The van der Waals surface area contributed by atoms with E-state index in [1.54, 1.807) is 0 Å². The molecule has 1 saturated carbocycles. The zero-order chi connectivity index (χ0) is 12.5. The minimum Gasteiger partial charge on any atom is -0.308 e. The Kier molecular flexibility index (Phi) is 3.22. The lowest BCUT2D eigenvalue weighted by molar-refractivity contribution is 0.677. The molecule has 1 aromatic heterocycles. The molecule has 3 nitrogen and oxygen atoms in total. The lowest BCUT2D eigenvalue weighted by Crippen LogP contribution is -2.15. The van der Waals surface area contributed by atoms with Gasteiger partial charge in [-0.25, -0.2) is 4.98 Å². The fourth-order valence-electron chi connectivity index (χ4n) is 2.00. The number of nitrogens with one attached hydrogen (secondary N) is 1. The molecule has 1 fully saturated rings. The Bertz CT molecular complexity index is 538. The van der Waals surface area contributed by atoms with Gasteiger partial charge in [0.15, 0.2) is 0 Å². The molecule has 1 heterocycles. The predicted octanol–water partition coefficient (Wildman–Crippen LogP) is 3.20. The van der Waals surface area contributed by atoms with Crippen molar-refractivity contribution in [1.82, 2.24) is 14.9 Å². The van der Waals surface area contributed by atoms with Gasteiger partial charge in [0, 0.05) is 28.9 Å². The molecule has 18 heavy (non-hydrogen) atoms. The van der Waals surface area contributed by atoms with Gasteiger partial charge in [-0.15, -0.1) is 0 Å². The Balaban J connectivity index is 1.78. The summed E-state index contributed by atoms with van der Waals surface area (Å²) in [5.41, 5.74) is 3.48. The number of imidazole rings is 1. The summed E-state index contributed by atoms with van der Waals surface area (Å²) in [5.74, 6) is 0. The molecule has 3 rings (SSSR count). The first-order valence-corrected chi connectivity index (χ1v) is 7.04. The zero-order valence-corrected chi connectivity index (χ0v) is 11.9. The molecular formula is C14H16BrN3. The highest BCUT2D eigenvalue weighted by Gasteiger charge is 2.20. The van der Waals surface area contributed by atoms with Gasteiger partial charge in [-0.05, 0) is 43.5 Å². The molecule has 1 aliphatic rings. The summed E-state index contributed by atoms with van der Waals surface area (Å²) in [4.78, 5) is 4.44. The average Bonchev–Trinajstić information content (AvgIpc) is 3.02. The molecule has 1 aliphatic carbocycles. The van der Waals surface area contributed by atoms with Crippen LogP contribution in [0.4, 0.5) is 0 Å². The third-order valence-electron chi connectivity index (χ3n) is 3.11. The molecule has 1 aromatic carbocycles. The Morgan fingerprint density at radius 2 is 2.22 bits per heavy atom. The third kappa shape index (κ3) is 2.82. The van der Waals surface area contributed by atoms with E-state index in [-0.39, 0.29) is 0 Å². The molecule has 0 spiro atoms. The number of nitrogens with zero attached hydrogens (tertiary/aromatic N) is 2. The van der Waals surface area contributed by atoms with Gasteiger partial charge in [0.25, 0.3) is 0 Å². The average molecular weight is 306 g/mol. The molecule has 0 bridgehead atoms. The van der Waals surface area contributed by atoms with Crippen molar-refractivity contribution in [3.63, 3.8) is 0 Å². The Morgan fingerprint density at radius 1 is 1.39 bits per heavy atom. The van der Waals surface area contributed by atoms with Gasteiger partial charge in [-0.2, -0.15) is 0 Å². The van der Waals surface area contributed by atoms with Crippen molar-refractivity contribution in [3.05, 3.63) is 46.5 Å². The summed E-state index contributed by atoms with van der Waals surface area (Å²) >= 11 is 3.53. The van der Waals surface area contributed by atoms with E-state index < -0.39 is 0 Å². The third-order valence-corrected chi connectivity index (χ3v) is 3.57. The van der Waals surface area contributed by atoms with Crippen molar-refractivity contribution in [2.24, 2.45) is 0 Å². The van der Waals surface area contributed by atoms with Crippen LogP contribution in [0, 0.1) is 6.92 Å². The smallest absolute Gasteiger partial charge is 0.0995 e. The second-order valence-corrected chi connectivity index (χ2v) is 5.83. The van der Waals surface area contributed by atoms with Crippen molar-refractivity contribution < 1.29 is 0 Å². The first-order chi connectivity index (χ1) is 8.70. The van der Waals surface area contributed by atoms with Crippen molar-refractivity contribution >= 4 is 15.9 Å². The molecule has 0 unspecified atom stereocenters. The lowest BCUT2D eigenvalue weighted by Gasteiger charge is -2.04. The van der Waals surface area contributed by atoms with Crippen molar-refractivity contribution in [2.75, 3.05) is 0 Å². The maximum absolute atomic E-state index is 4.44. The van der Waals surface area contributed by atoms with Gasteiger partial charge in [0.05, 0.1) is 12.0 Å². The van der Waals surface area contributed by atoms with Crippen LogP contribution in [-0.4, -0.2) is 15.6 Å². The number of benzene rings is 1. The number of hydrogen-bond donors (Lipinski definition) is 1. The maximum atomic E-state index is 4.44. The fraction of sp³-hybridized carbons (Fsp3) is 0.357. The van der Waals surface area contributed by atoms with Crippen LogP contribution in [-0.2, 0) is 6.54 Å². The van der Waals surface area contributed by atoms with E-state index in [0.29, 0.717) is 0 Å². The van der Waals surface area contributed by atoms with E-state index in [1.165, 1.54) is 18.4 Å². The molecule has 1 N–H and O–H groups in total. The standard InChI is InChI=1S/C14H16BrN3/c1-10-4-11(15)6-14(5-10)18-8-13(17-9-18)7-16-12-2-3-12/h4-6,8-9,12,16H,2-3,7H2,1H3. The molecule has 94 valence electrons. The van der Waals surface area contributed by atoms with E-state index in [2.05, 4.69) is 62.1 Å². The van der Waals surface area contributed by atoms with E-state index in [9.17, 15) is 0 Å². The summed E-state index contributed by atoms with van der Waals surface area (Å²) in [5, 5.41) is 3.48. The molecule has 0 aliphatic heterocycles. The Morgan fingerprint density at radius 3 is 2.94 bits per heavy atom. The minimum absolute atomic E-state index is 0.725. The van der Waals surface area contributed by atoms with Crippen LogP contribution in [0.5, 0.6) is 0 Å². The second kappa shape index (κ2) is 4.86. The van der Waals surface area contributed by atoms with Crippen molar-refractivity contribution in [1.29, 1.82) is 0 Å². The maximum Gasteiger partial charge on any atom is 0.0995 e. The van der Waals surface area contributed by atoms with Gasteiger partial charge < -0.3 is 9.88 Å². The van der Waals surface area contributed by atoms with Gasteiger partial charge in [0.2, 0.25) is 0 Å². The zero-order valence-electron chi connectivity index (χ0n) is 10.4. The quantitative estimate of drug-likeness (QED) is 0.940. The monoisotopic (exact) mass is 305 g/mol. The molecule has 4 heteroatoms. The molecule has 0 radical (unpaired) electrons. The highest BCUT2D eigenvalue weighted by atomic mass is 79.9. The summed E-state index contributed by atoms with van der Waals surface area (Å²) in [7, 11) is 0. The molecule has 0 saturated heterocycles.